The third-order valence-corrected chi connectivity index (χ3v) is 4.67. The van der Waals surface area contributed by atoms with Crippen LogP contribution in [-0.4, -0.2) is 31.6 Å². The molecule has 1 heterocycles. The molecular formula is C19H14BrClN2O5. The number of rotatable bonds is 5. The number of nitrogens with zero attached hydrogens (tertiary/aromatic N) is 1. The molecule has 1 aliphatic rings. The number of ether oxygens (including phenoxy) is 2. The highest BCUT2D eigenvalue weighted by molar-refractivity contribution is 9.10. The number of hydrogen-bond acceptors (Lipinski definition) is 5. The normalized spacial score (nSPS) is 15.0. The Labute approximate surface area is 174 Å². The molecule has 3 amide bonds. The van der Waals surface area contributed by atoms with E-state index in [0.29, 0.717) is 26.5 Å². The van der Waals surface area contributed by atoms with Crippen LogP contribution in [0.3, 0.4) is 0 Å². The summed E-state index contributed by atoms with van der Waals surface area (Å²) in [6.45, 7) is -0.222. The fraction of sp³-hybridized carbons (Fsp3) is 0.105. The number of urea groups is 1. The van der Waals surface area contributed by atoms with Crippen molar-refractivity contribution in [3.05, 3.63) is 63.2 Å². The maximum Gasteiger partial charge on any atom is 0.343 e. The first kappa shape index (κ1) is 19.9. The van der Waals surface area contributed by atoms with Crippen LogP contribution in [0.15, 0.2) is 52.6 Å². The minimum Gasteiger partial charge on any atom is -0.481 e. The van der Waals surface area contributed by atoms with E-state index in [1.165, 1.54) is 7.11 Å². The van der Waals surface area contributed by atoms with E-state index in [-0.39, 0.29) is 12.3 Å². The Hall–Kier alpha value is -2.84. The lowest BCUT2D eigenvalue weighted by Crippen LogP contribution is -2.30. The van der Waals surface area contributed by atoms with Gasteiger partial charge in [0, 0.05) is 5.02 Å². The number of halogens is 2. The van der Waals surface area contributed by atoms with Crippen molar-refractivity contribution in [2.24, 2.45) is 0 Å². The summed E-state index contributed by atoms with van der Waals surface area (Å²) in [5.41, 5.74) is 1.21. The van der Waals surface area contributed by atoms with Crippen LogP contribution in [0, 0.1) is 0 Å². The predicted octanol–water partition coefficient (Wildman–Crippen LogP) is 3.75. The van der Waals surface area contributed by atoms with Crippen molar-refractivity contribution in [1.29, 1.82) is 0 Å². The summed E-state index contributed by atoms with van der Waals surface area (Å²) in [5, 5.41) is 3.06. The number of nitrogens with one attached hydrogen (secondary N) is 1. The summed E-state index contributed by atoms with van der Waals surface area (Å²) in [4.78, 5) is 37.0. The van der Waals surface area contributed by atoms with Gasteiger partial charge in [0.15, 0.2) is 6.61 Å². The first-order valence-corrected chi connectivity index (χ1v) is 9.18. The van der Waals surface area contributed by atoms with Crippen molar-refractivity contribution < 1.29 is 23.9 Å². The van der Waals surface area contributed by atoms with Crippen LogP contribution in [0.25, 0.3) is 6.08 Å². The number of imide groups is 1. The molecule has 1 N–H and O–H groups in total. The molecular weight excluding hydrogens is 452 g/mol. The van der Waals surface area contributed by atoms with Crippen LogP contribution in [0.2, 0.25) is 5.02 Å². The molecule has 9 heteroatoms. The van der Waals surface area contributed by atoms with Gasteiger partial charge < -0.3 is 14.8 Å². The SMILES string of the molecule is COC(=O)COc1ccc(/C=C2/NC(=O)N(c3ccc(Cl)cc3)C2=O)cc1Br. The van der Waals surface area contributed by atoms with Crippen LogP contribution in [0.5, 0.6) is 5.75 Å². The standard InChI is InChI=1S/C19H14BrClN2O5/c1-27-17(24)10-28-16-7-2-11(8-14(16)20)9-15-18(25)23(19(26)22-15)13-5-3-12(21)4-6-13/h2-9H,10H2,1H3,(H,22,26)/b15-9+. The summed E-state index contributed by atoms with van der Waals surface area (Å²) in [5.74, 6) is -0.536. The molecule has 0 saturated carbocycles. The lowest BCUT2D eigenvalue weighted by atomic mass is 10.2. The van der Waals surface area contributed by atoms with Gasteiger partial charge in [-0.1, -0.05) is 17.7 Å². The largest absolute Gasteiger partial charge is 0.481 e. The Morgan fingerprint density at radius 2 is 1.93 bits per heavy atom. The third-order valence-electron chi connectivity index (χ3n) is 3.80. The molecule has 0 radical (unpaired) electrons. The van der Waals surface area contributed by atoms with Gasteiger partial charge in [-0.05, 0) is 64.0 Å². The average molecular weight is 466 g/mol. The molecule has 2 aromatic rings. The summed E-state index contributed by atoms with van der Waals surface area (Å²) < 4.78 is 10.4. The number of hydrogen-bond donors (Lipinski definition) is 1. The summed E-state index contributed by atoms with van der Waals surface area (Å²) in [6.07, 6.45) is 1.55. The van der Waals surface area contributed by atoms with Crippen LogP contribution in [0.1, 0.15) is 5.56 Å². The molecule has 144 valence electrons. The van der Waals surface area contributed by atoms with E-state index in [0.717, 1.165) is 4.90 Å². The molecule has 0 spiro atoms. The second-order valence-electron chi connectivity index (χ2n) is 5.66. The first-order valence-electron chi connectivity index (χ1n) is 8.01. The number of esters is 1. The Kier molecular flexibility index (Phi) is 6.01. The second kappa shape index (κ2) is 8.45. The topological polar surface area (TPSA) is 84.9 Å². The van der Waals surface area contributed by atoms with Crippen molar-refractivity contribution in [1.82, 2.24) is 5.32 Å². The fourth-order valence-electron chi connectivity index (χ4n) is 2.45. The highest BCUT2D eigenvalue weighted by atomic mass is 79.9. The number of anilines is 1. The van der Waals surface area contributed by atoms with Gasteiger partial charge >= 0.3 is 12.0 Å². The lowest BCUT2D eigenvalue weighted by molar-refractivity contribution is -0.142. The van der Waals surface area contributed by atoms with Crippen LogP contribution in [0.4, 0.5) is 10.5 Å². The van der Waals surface area contributed by atoms with E-state index in [9.17, 15) is 14.4 Å². The van der Waals surface area contributed by atoms with Gasteiger partial charge in [0.1, 0.15) is 11.4 Å². The van der Waals surface area contributed by atoms with Crippen molar-refractivity contribution in [2.75, 3.05) is 18.6 Å². The Balaban J connectivity index is 1.79. The maximum atomic E-state index is 12.6. The summed E-state index contributed by atoms with van der Waals surface area (Å²) in [7, 11) is 1.27. The maximum absolute atomic E-state index is 12.6. The van der Waals surface area contributed by atoms with Crippen LogP contribution < -0.4 is 15.0 Å². The molecule has 28 heavy (non-hydrogen) atoms. The highest BCUT2D eigenvalue weighted by Crippen LogP contribution is 2.28. The predicted molar refractivity (Wildman–Crippen MR) is 107 cm³/mol. The van der Waals surface area contributed by atoms with E-state index in [1.807, 2.05) is 0 Å². The average Bonchev–Trinajstić information content (AvgIpc) is 2.95. The van der Waals surface area contributed by atoms with E-state index in [2.05, 4.69) is 26.0 Å². The summed E-state index contributed by atoms with van der Waals surface area (Å²) >= 11 is 9.20. The molecule has 0 aliphatic carbocycles. The van der Waals surface area contributed by atoms with Gasteiger partial charge in [0.05, 0.1) is 17.3 Å². The van der Waals surface area contributed by atoms with E-state index >= 15 is 0 Å². The Morgan fingerprint density at radius 1 is 1.21 bits per heavy atom. The van der Waals surface area contributed by atoms with Gasteiger partial charge in [0.2, 0.25) is 0 Å². The second-order valence-corrected chi connectivity index (χ2v) is 6.95. The van der Waals surface area contributed by atoms with E-state index in [1.54, 1.807) is 48.5 Å². The van der Waals surface area contributed by atoms with E-state index < -0.39 is 17.9 Å². The number of amides is 3. The van der Waals surface area contributed by atoms with Crippen molar-refractivity contribution in [3.8, 4) is 5.75 Å². The number of methoxy groups -OCH3 is 1. The Bertz CT molecular complexity index is 975. The van der Waals surface area contributed by atoms with Gasteiger partial charge in [0.25, 0.3) is 5.91 Å². The van der Waals surface area contributed by atoms with Gasteiger partial charge in [-0.25, -0.2) is 14.5 Å². The Morgan fingerprint density at radius 3 is 2.57 bits per heavy atom. The molecule has 2 aromatic carbocycles. The number of carbonyl (C=O) groups excluding carboxylic acids is 3. The van der Waals surface area contributed by atoms with Crippen LogP contribution >= 0.6 is 27.5 Å². The molecule has 0 atom stereocenters. The smallest absolute Gasteiger partial charge is 0.343 e. The monoisotopic (exact) mass is 464 g/mol. The lowest BCUT2D eigenvalue weighted by Gasteiger charge is -2.11. The zero-order valence-electron chi connectivity index (χ0n) is 14.6. The molecule has 7 nitrogen and oxygen atoms in total. The number of carbonyl (C=O) groups is 3. The first-order chi connectivity index (χ1) is 13.4. The summed E-state index contributed by atoms with van der Waals surface area (Å²) in [6, 6.07) is 10.9. The highest BCUT2D eigenvalue weighted by Gasteiger charge is 2.34. The molecule has 1 saturated heterocycles. The van der Waals surface area contributed by atoms with Gasteiger partial charge in [-0.2, -0.15) is 0 Å². The molecule has 0 aromatic heterocycles. The molecule has 1 aliphatic heterocycles. The minimum atomic E-state index is -0.546. The zero-order chi connectivity index (χ0) is 20.3. The van der Waals surface area contributed by atoms with Gasteiger partial charge in [-0.15, -0.1) is 0 Å². The quantitative estimate of drug-likeness (QED) is 0.413. The fourth-order valence-corrected chi connectivity index (χ4v) is 3.08. The third kappa shape index (κ3) is 4.35. The van der Waals surface area contributed by atoms with Crippen LogP contribution in [-0.2, 0) is 14.3 Å². The van der Waals surface area contributed by atoms with Crippen molar-refractivity contribution in [3.63, 3.8) is 0 Å². The van der Waals surface area contributed by atoms with E-state index in [4.69, 9.17) is 16.3 Å². The van der Waals surface area contributed by atoms with Gasteiger partial charge in [-0.3, -0.25) is 4.79 Å². The molecule has 1 fully saturated rings. The molecule has 3 rings (SSSR count). The zero-order valence-corrected chi connectivity index (χ0v) is 16.9. The van der Waals surface area contributed by atoms with Crippen molar-refractivity contribution in [2.45, 2.75) is 0 Å². The molecule has 0 unspecified atom stereocenters. The van der Waals surface area contributed by atoms with Crippen molar-refractivity contribution >= 4 is 57.2 Å². The number of benzene rings is 2. The molecule has 0 bridgehead atoms. The minimum absolute atomic E-state index is 0.134.